The van der Waals surface area contributed by atoms with Crippen LogP contribution in [-0.4, -0.2) is 51.2 Å². The van der Waals surface area contributed by atoms with E-state index in [-0.39, 0.29) is 15.0 Å². The summed E-state index contributed by atoms with van der Waals surface area (Å²) in [6.45, 7) is 6.03. The second-order valence-electron chi connectivity index (χ2n) is 7.96. The zero-order valence-corrected chi connectivity index (χ0v) is 19.0. The number of nitrogens with zero attached hydrogens (tertiary/aromatic N) is 6. The van der Waals surface area contributed by atoms with Crippen molar-refractivity contribution in [2.75, 3.05) is 0 Å². The molecule has 0 atom stereocenters. The van der Waals surface area contributed by atoms with Gasteiger partial charge in [-0.2, -0.15) is 0 Å². The van der Waals surface area contributed by atoms with E-state index in [1.807, 2.05) is 57.3 Å². The van der Waals surface area contributed by atoms with Gasteiger partial charge in [-0.15, -0.1) is 0 Å². The van der Waals surface area contributed by atoms with E-state index in [4.69, 9.17) is 10.00 Å². The molecule has 4 rings (SSSR count). The Morgan fingerprint density at radius 2 is 2.06 bits per heavy atom. The fraction of sp³-hybridized carbons (Fsp3) is 0.227. The molecule has 0 aliphatic heterocycles. The van der Waals surface area contributed by atoms with Gasteiger partial charge in [-0.3, -0.25) is 0 Å². The molecule has 0 N–H and O–H groups in total. The van der Waals surface area contributed by atoms with Gasteiger partial charge in [0.25, 0.3) is 0 Å². The Morgan fingerprint density at radius 3 is 2.84 bits per heavy atom. The molecular formula is C22H20N6O2Se. The Hall–Kier alpha value is -3.47. The first-order valence-corrected chi connectivity index (χ1v) is 11.3. The number of hydrogen-bond acceptors (Lipinski definition) is 6. The number of rotatable bonds is 4. The van der Waals surface area contributed by atoms with Gasteiger partial charge in [-0.25, -0.2) is 4.79 Å². The van der Waals surface area contributed by atoms with Gasteiger partial charge in [0.2, 0.25) is 0 Å². The predicted octanol–water partition coefficient (Wildman–Crippen LogP) is 2.94. The molecule has 0 saturated carbocycles. The summed E-state index contributed by atoms with van der Waals surface area (Å²) in [5.41, 5.74) is 2.72. The van der Waals surface area contributed by atoms with Gasteiger partial charge in [0.1, 0.15) is 5.60 Å². The van der Waals surface area contributed by atoms with Crippen molar-refractivity contribution in [3.05, 3.63) is 60.7 Å². The van der Waals surface area contributed by atoms with Crippen LogP contribution in [0.25, 0.3) is 22.2 Å². The van der Waals surface area contributed by atoms with E-state index in [1.165, 1.54) is 4.57 Å². The van der Waals surface area contributed by atoms with E-state index in [9.17, 15) is 4.79 Å². The van der Waals surface area contributed by atoms with Crippen LogP contribution in [-0.2, 0) is 11.3 Å². The molecule has 0 saturated heterocycles. The monoisotopic (exact) mass is 480 g/mol. The molecule has 3 aromatic heterocycles. The fourth-order valence-corrected chi connectivity index (χ4v) is 3.95. The van der Waals surface area contributed by atoms with Crippen molar-refractivity contribution in [3.8, 4) is 16.2 Å². The summed E-state index contributed by atoms with van der Waals surface area (Å²) in [4.78, 5) is 18.9. The van der Waals surface area contributed by atoms with Crippen LogP contribution in [0.1, 0.15) is 26.3 Å². The number of pyridine rings is 1. The van der Waals surface area contributed by atoms with Crippen LogP contribution in [0.3, 0.4) is 0 Å². The molecular weight excluding hydrogens is 459 g/mol. The molecule has 156 valence electrons. The number of fused-ring (bicyclic) bond motifs is 1. The van der Waals surface area contributed by atoms with Crippen molar-refractivity contribution in [1.82, 2.24) is 24.5 Å². The first-order valence-electron chi connectivity index (χ1n) is 9.57. The fourth-order valence-electron chi connectivity index (χ4n) is 3.11. The van der Waals surface area contributed by atoms with Gasteiger partial charge >= 0.3 is 150 Å². The predicted molar refractivity (Wildman–Crippen MR) is 117 cm³/mol. The molecule has 0 unspecified atom stereocenters. The number of hydrogen-bond donors (Lipinski definition) is 0. The van der Waals surface area contributed by atoms with Gasteiger partial charge in [0.05, 0.1) is 0 Å². The summed E-state index contributed by atoms with van der Waals surface area (Å²) in [5, 5.41) is 18.3. The molecule has 0 aliphatic carbocycles. The van der Waals surface area contributed by atoms with Crippen LogP contribution in [0.4, 0.5) is 4.79 Å². The van der Waals surface area contributed by atoms with E-state index in [1.54, 1.807) is 23.3 Å². The van der Waals surface area contributed by atoms with Gasteiger partial charge in [0, 0.05) is 0 Å². The van der Waals surface area contributed by atoms with Crippen LogP contribution in [0, 0.1) is 10.2 Å². The summed E-state index contributed by atoms with van der Waals surface area (Å²) in [5.74, 6) is 0. The number of ether oxygens (including phenoxy) is 1. The second-order valence-corrected chi connectivity index (χ2v) is 9.76. The first kappa shape index (κ1) is 20.8. The molecule has 4 aromatic rings. The van der Waals surface area contributed by atoms with Crippen LogP contribution < -0.4 is 4.46 Å². The third kappa shape index (κ3) is 4.82. The number of benzene rings is 1. The summed E-state index contributed by atoms with van der Waals surface area (Å²) >= 11 is -0.266. The number of nitriles is 1. The van der Waals surface area contributed by atoms with E-state index >= 15 is 0 Å². The minimum absolute atomic E-state index is 0.266. The molecule has 0 bridgehead atoms. The molecule has 3 heterocycles. The first-order chi connectivity index (χ1) is 14.8. The Kier molecular flexibility index (Phi) is 5.59. The van der Waals surface area contributed by atoms with Gasteiger partial charge < -0.3 is 4.74 Å². The van der Waals surface area contributed by atoms with E-state index in [0.717, 1.165) is 26.5 Å². The summed E-state index contributed by atoms with van der Waals surface area (Å²) in [6.07, 6.45) is 6.57. The average Bonchev–Trinajstić information content (AvgIpc) is 3.34. The third-order valence-corrected chi connectivity index (χ3v) is 5.56. The topological polar surface area (TPSA) is 98.6 Å². The van der Waals surface area contributed by atoms with Crippen molar-refractivity contribution >= 4 is 36.4 Å². The Bertz CT molecular complexity index is 1300. The van der Waals surface area contributed by atoms with Gasteiger partial charge in [-0.05, 0) is 20.8 Å². The summed E-state index contributed by atoms with van der Waals surface area (Å²) < 4.78 is 9.65. The third-order valence-electron chi connectivity index (χ3n) is 4.40. The van der Waals surface area contributed by atoms with Crippen LogP contribution in [0.15, 0.2) is 55.1 Å². The van der Waals surface area contributed by atoms with Crippen molar-refractivity contribution in [2.45, 2.75) is 32.9 Å². The van der Waals surface area contributed by atoms with E-state index in [0.29, 0.717) is 12.2 Å². The van der Waals surface area contributed by atoms with Gasteiger partial charge in [0.15, 0.2) is 0 Å². The summed E-state index contributed by atoms with van der Waals surface area (Å²) in [7, 11) is 0. The maximum atomic E-state index is 12.5. The SMILES string of the molecule is CC(C)(C)OC(=O)n1ccc2ccc(Cn3cc(-c4cncc([Se]C#N)c4)nn3)cc21. The number of carbonyl (C=O) groups excluding carboxylic acids is 1. The van der Waals surface area contributed by atoms with Gasteiger partial charge in [-0.1, -0.05) is 0 Å². The standard InChI is InChI=1S/C22H20N6O2Se/c1-22(2,3)30-21(29)28-7-6-16-5-4-15(8-20(16)28)12-27-13-19(25-26-27)17-9-18(31-14-23)11-24-10-17/h4-11,13H,12H2,1-3H3. The molecule has 0 radical (unpaired) electrons. The van der Waals surface area contributed by atoms with Crippen molar-refractivity contribution in [2.24, 2.45) is 0 Å². The molecule has 0 amide bonds. The molecule has 0 spiro atoms. The second kappa shape index (κ2) is 8.34. The Morgan fingerprint density at radius 1 is 1.23 bits per heavy atom. The molecule has 1 aromatic carbocycles. The molecule has 0 fully saturated rings. The van der Waals surface area contributed by atoms with Crippen LogP contribution in [0.5, 0.6) is 0 Å². The normalized spacial score (nSPS) is 11.4. The maximum absolute atomic E-state index is 12.5. The molecule has 9 heteroatoms. The molecule has 8 nitrogen and oxygen atoms in total. The van der Waals surface area contributed by atoms with E-state index in [2.05, 4.69) is 20.3 Å². The van der Waals surface area contributed by atoms with Crippen LogP contribution >= 0.6 is 0 Å². The van der Waals surface area contributed by atoms with E-state index < -0.39 is 11.7 Å². The van der Waals surface area contributed by atoms with Crippen molar-refractivity contribution in [1.29, 1.82) is 5.26 Å². The zero-order chi connectivity index (χ0) is 22.0. The zero-order valence-electron chi connectivity index (χ0n) is 17.3. The van der Waals surface area contributed by atoms with Crippen molar-refractivity contribution < 1.29 is 9.53 Å². The number of carbonyl (C=O) groups is 1. The summed E-state index contributed by atoms with van der Waals surface area (Å²) in [6, 6.07) is 9.74. The molecule has 31 heavy (non-hydrogen) atoms. The van der Waals surface area contributed by atoms with Crippen molar-refractivity contribution in [3.63, 3.8) is 0 Å². The minimum atomic E-state index is -0.567. The quantitative estimate of drug-likeness (QED) is 0.418. The number of aromatic nitrogens is 5. The average molecular weight is 479 g/mol. The van der Waals surface area contributed by atoms with Crippen LogP contribution in [0.2, 0.25) is 0 Å². The molecule has 0 aliphatic rings. The Labute approximate surface area is 185 Å². The Balaban J connectivity index is 1.57.